The van der Waals surface area contributed by atoms with Crippen LogP contribution >= 0.6 is 0 Å². The van der Waals surface area contributed by atoms with E-state index in [0.29, 0.717) is 23.3 Å². The lowest BCUT2D eigenvalue weighted by atomic mass is 9.80. The van der Waals surface area contributed by atoms with Crippen LogP contribution in [0.4, 0.5) is 10.6 Å². The number of carboxylic acid groups (broad SMARTS) is 1. The number of rotatable bonds is 8. The van der Waals surface area contributed by atoms with Gasteiger partial charge in [-0.15, -0.1) is 0 Å². The Morgan fingerprint density at radius 3 is 2.58 bits per heavy atom. The second-order valence-electron chi connectivity index (χ2n) is 11.4. The molecule has 10 nitrogen and oxygen atoms in total. The summed E-state index contributed by atoms with van der Waals surface area (Å²) in [6.07, 6.45) is 14.2. The summed E-state index contributed by atoms with van der Waals surface area (Å²) in [6.45, 7) is 3.03. The summed E-state index contributed by atoms with van der Waals surface area (Å²) in [5.74, 6) is 2.43. The number of nitrogens with zero attached hydrogens (tertiary/aromatic N) is 5. The highest BCUT2D eigenvalue weighted by Crippen LogP contribution is 2.53. The molecule has 1 amide bonds. The van der Waals surface area contributed by atoms with E-state index in [4.69, 9.17) is 15.4 Å². The van der Waals surface area contributed by atoms with Crippen LogP contribution in [-0.4, -0.2) is 47.6 Å². The van der Waals surface area contributed by atoms with Crippen LogP contribution in [0, 0.1) is 17.2 Å². The lowest BCUT2D eigenvalue weighted by Crippen LogP contribution is -2.33. The smallest absolute Gasteiger partial charge is 0.410 e. The van der Waals surface area contributed by atoms with Gasteiger partial charge in [-0.05, 0) is 68.9 Å². The van der Waals surface area contributed by atoms with E-state index >= 15 is 0 Å². The van der Waals surface area contributed by atoms with Crippen LogP contribution in [0.2, 0.25) is 0 Å². The summed E-state index contributed by atoms with van der Waals surface area (Å²) >= 11 is 0. The molecule has 3 aromatic heterocycles. The van der Waals surface area contributed by atoms with Crippen molar-refractivity contribution in [3.05, 3.63) is 41.7 Å². The molecular weight excluding hydrogens is 480 g/mol. The van der Waals surface area contributed by atoms with Crippen LogP contribution in [0.3, 0.4) is 0 Å². The molecule has 0 radical (unpaired) electrons. The molecule has 6 rings (SSSR count). The van der Waals surface area contributed by atoms with E-state index in [2.05, 4.69) is 38.2 Å². The Balaban J connectivity index is 1.51. The Morgan fingerprint density at radius 1 is 1.16 bits per heavy atom. The third-order valence-electron chi connectivity index (χ3n) is 8.84. The first-order valence-electron chi connectivity index (χ1n) is 14.0. The van der Waals surface area contributed by atoms with Crippen molar-refractivity contribution < 1.29 is 9.90 Å². The first-order chi connectivity index (χ1) is 18.4. The molecule has 3 saturated carbocycles. The average molecular weight is 517 g/mol. The molecule has 0 saturated heterocycles. The highest BCUT2D eigenvalue weighted by molar-refractivity contribution is 6.03. The van der Waals surface area contributed by atoms with Crippen LogP contribution in [0.5, 0.6) is 0 Å². The molecule has 10 heteroatoms. The number of amides is 1. The molecule has 0 aliphatic heterocycles. The standard InChI is InChI=1S/C28H36N8O2/c1-17(19-9-5-10-19)31-23-21-24(34-25(33-23)22(29)32-27(37)38)35-26(36(21)16-18-7-3-2-4-8-18)28(12-13-28)20-11-6-14-30-15-20/h6,11,14-15,17-19H,2-5,7-10,12-13,16H2,1H3,(H2,29,32)(H,37,38)(H,31,33,34)/t17-/m1/s1. The molecule has 3 aromatic rings. The monoisotopic (exact) mass is 516 g/mol. The summed E-state index contributed by atoms with van der Waals surface area (Å²) in [5, 5.41) is 23.3. The maximum atomic E-state index is 11.3. The molecule has 3 aliphatic rings. The maximum Gasteiger partial charge on any atom is 0.410 e. The van der Waals surface area contributed by atoms with Gasteiger partial charge in [0.15, 0.2) is 23.1 Å². The van der Waals surface area contributed by atoms with Crippen LogP contribution in [0.25, 0.3) is 11.2 Å². The number of imidazole rings is 1. The highest BCUT2D eigenvalue weighted by Gasteiger charge is 2.50. The molecule has 3 fully saturated rings. The minimum absolute atomic E-state index is 0.0308. The topological polar surface area (TPSA) is 142 Å². The molecule has 0 aromatic carbocycles. The molecule has 0 unspecified atom stereocenters. The van der Waals surface area contributed by atoms with Gasteiger partial charge in [-0.25, -0.2) is 19.7 Å². The van der Waals surface area contributed by atoms with Gasteiger partial charge in [0.1, 0.15) is 11.3 Å². The van der Waals surface area contributed by atoms with Gasteiger partial charge in [-0.1, -0.05) is 31.7 Å². The molecule has 4 N–H and O–H groups in total. The van der Waals surface area contributed by atoms with Crippen molar-refractivity contribution in [3.63, 3.8) is 0 Å². The molecule has 38 heavy (non-hydrogen) atoms. The predicted molar refractivity (Wildman–Crippen MR) is 145 cm³/mol. The lowest BCUT2D eigenvalue weighted by molar-refractivity contribution is 0.200. The van der Waals surface area contributed by atoms with Crippen molar-refractivity contribution in [1.82, 2.24) is 29.8 Å². The van der Waals surface area contributed by atoms with E-state index in [9.17, 15) is 9.90 Å². The third-order valence-corrected chi connectivity index (χ3v) is 8.84. The molecule has 3 heterocycles. The lowest BCUT2D eigenvalue weighted by Gasteiger charge is -2.32. The van der Waals surface area contributed by atoms with Crippen molar-refractivity contribution in [3.8, 4) is 0 Å². The molecule has 200 valence electrons. The van der Waals surface area contributed by atoms with Gasteiger partial charge < -0.3 is 15.0 Å². The van der Waals surface area contributed by atoms with Crippen LogP contribution in [-0.2, 0) is 12.0 Å². The fourth-order valence-corrected chi connectivity index (χ4v) is 6.27. The SMILES string of the molecule is C[C@@H](Nc1nc(C(=N)NC(=O)O)nc2nc(C3(c4cccnc4)CC3)n(CC3CCCCC3)c12)C1CCC1. The van der Waals surface area contributed by atoms with E-state index in [-0.39, 0.29) is 23.1 Å². The van der Waals surface area contributed by atoms with Gasteiger partial charge in [0.2, 0.25) is 0 Å². The zero-order valence-corrected chi connectivity index (χ0v) is 21.9. The van der Waals surface area contributed by atoms with E-state index in [1.165, 1.54) is 51.4 Å². The number of hydrogen-bond donors (Lipinski definition) is 4. The fraction of sp³-hybridized carbons (Fsp3) is 0.571. The fourth-order valence-electron chi connectivity index (χ4n) is 6.27. The Kier molecular flexibility index (Phi) is 6.49. The third kappa shape index (κ3) is 4.61. The van der Waals surface area contributed by atoms with E-state index < -0.39 is 6.09 Å². The Morgan fingerprint density at radius 2 is 1.95 bits per heavy atom. The van der Waals surface area contributed by atoms with Crippen LogP contribution in [0.1, 0.15) is 88.3 Å². The predicted octanol–water partition coefficient (Wildman–Crippen LogP) is 5.07. The zero-order valence-electron chi connectivity index (χ0n) is 21.9. The molecule has 0 bridgehead atoms. The number of pyridine rings is 1. The quantitative estimate of drug-likeness (QED) is 0.242. The summed E-state index contributed by atoms with van der Waals surface area (Å²) in [5.41, 5.74) is 2.31. The molecular formula is C28H36N8O2. The summed E-state index contributed by atoms with van der Waals surface area (Å²) in [7, 11) is 0. The summed E-state index contributed by atoms with van der Waals surface area (Å²) in [4.78, 5) is 30.2. The number of fused-ring (bicyclic) bond motifs is 1. The van der Waals surface area contributed by atoms with Gasteiger partial charge in [-0.2, -0.15) is 0 Å². The Hall–Kier alpha value is -3.56. The van der Waals surface area contributed by atoms with Gasteiger partial charge >= 0.3 is 6.09 Å². The number of anilines is 1. The Labute approximate surface area is 222 Å². The second kappa shape index (κ2) is 9.96. The highest BCUT2D eigenvalue weighted by atomic mass is 16.4. The van der Waals surface area contributed by atoms with Crippen LogP contribution in [0.15, 0.2) is 24.5 Å². The zero-order chi connectivity index (χ0) is 26.3. The molecule has 0 spiro atoms. The van der Waals surface area contributed by atoms with Crippen molar-refractivity contribution in [1.29, 1.82) is 5.41 Å². The number of aromatic nitrogens is 5. The van der Waals surface area contributed by atoms with Gasteiger partial charge in [-0.3, -0.25) is 15.7 Å². The van der Waals surface area contributed by atoms with Crippen molar-refractivity contribution in [2.75, 3.05) is 5.32 Å². The molecule has 3 aliphatic carbocycles. The average Bonchev–Trinajstić information content (AvgIpc) is 3.60. The summed E-state index contributed by atoms with van der Waals surface area (Å²) in [6, 6.07) is 4.31. The normalized spacial score (nSPS) is 20.0. The van der Waals surface area contributed by atoms with E-state index in [1.54, 1.807) is 6.20 Å². The minimum atomic E-state index is -1.31. The van der Waals surface area contributed by atoms with Gasteiger partial charge in [0, 0.05) is 25.0 Å². The van der Waals surface area contributed by atoms with Crippen LogP contribution < -0.4 is 10.6 Å². The largest absolute Gasteiger partial charge is 0.465 e. The Bertz CT molecular complexity index is 1340. The minimum Gasteiger partial charge on any atom is -0.465 e. The molecule has 1 atom stereocenters. The van der Waals surface area contributed by atoms with E-state index in [1.807, 2.05) is 12.3 Å². The number of carbonyl (C=O) groups is 1. The summed E-state index contributed by atoms with van der Waals surface area (Å²) < 4.78 is 2.35. The van der Waals surface area contributed by atoms with Gasteiger partial charge in [0.05, 0.1) is 5.41 Å². The van der Waals surface area contributed by atoms with Crippen molar-refractivity contribution in [2.45, 2.75) is 89.1 Å². The van der Waals surface area contributed by atoms with Crippen molar-refractivity contribution in [2.24, 2.45) is 11.8 Å². The van der Waals surface area contributed by atoms with E-state index in [0.717, 1.165) is 36.3 Å². The van der Waals surface area contributed by atoms with Crippen molar-refractivity contribution >= 4 is 28.9 Å². The first kappa shape index (κ1) is 24.8. The second-order valence-corrected chi connectivity index (χ2v) is 11.4. The number of nitrogens with one attached hydrogen (secondary N) is 3. The maximum absolute atomic E-state index is 11.3. The number of amidine groups is 1. The van der Waals surface area contributed by atoms with Gasteiger partial charge in [0.25, 0.3) is 0 Å². The number of hydrogen-bond acceptors (Lipinski definition) is 7. The first-order valence-corrected chi connectivity index (χ1v) is 14.0.